The molecule has 3 N–H and O–H groups in total. The number of carbonyl (C=O) groups is 3. The number of hydrogen-bond donors (Lipinski definition) is 2. The number of halogens is 3. The zero-order chi connectivity index (χ0) is 23.8. The van der Waals surface area contributed by atoms with Crippen LogP contribution in [0, 0.1) is 5.92 Å². The van der Waals surface area contributed by atoms with E-state index in [9.17, 15) is 27.6 Å². The highest BCUT2D eigenvalue weighted by Crippen LogP contribution is 2.31. The first-order chi connectivity index (χ1) is 13.2. The van der Waals surface area contributed by atoms with E-state index in [4.69, 9.17) is 5.73 Å². The molecule has 10 heteroatoms. The number of amides is 2. The van der Waals surface area contributed by atoms with Crippen LogP contribution in [0.3, 0.4) is 0 Å². The molecular weight excluding hydrogens is 391 g/mol. The standard InChI is InChI=1S/C8H15N3O2.C5H7F3O2.C4H10.C2H6/c1-10-5-7(12)11-4-2-3-6(11)8(9)13;1-4(2,10-3-9)5(6,7)8;1-4(2)3;1-2/h6,10H,2-5H2,1H3,(H2,9,13);3H,1-2H3;4H,1-3H3;1-2H3/t6-;;;/m0.../s1. The topological polar surface area (TPSA) is 102 Å². The predicted molar refractivity (Wildman–Crippen MR) is 107 cm³/mol. The SMILES string of the molecule is CC.CC(C)(OC=O)C(F)(F)F.CC(C)C.CNCC(=O)N1CCC[C@H]1C(N)=O. The molecular formula is C19H38F3N3O4. The van der Waals surface area contributed by atoms with Gasteiger partial charge in [-0.05, 0) is 39.7 Å². The number of nitrogens with one attached hydrogen (secondary N) is 1. The van der Waals surface area contributed by atoms with Gasteiger partial charge in [0.25, 0.3) is 6.47 Å². The number of nitrogens with zero attached hydrogens (tertiary/aromatic N) is 1. The van der Waals surface area contributed by atoms with Crippen molar-refractivity contribution in [3.8, 4) is 0 Å². The maximum absolute atomic E-state index is 11.7. The lowest BCUT2D eigenvalue weighted by Crippen LogP contribution is -2.46. The van der Waals surface area contributed by atoms with Crippen LogP contribution in [0.25, 0.3) is 0 Å². The fourth-order valence-corrected chi connectivity index (χ4v) is 1.80. The van der Waals surface area contributed by atoms with Gasteiger partial charge in [0, 0.05) is 6.54 Å². The summed E-state index contributed by atoms with van der Waals surface area (Å²) in [5.74, 6) is 0.380. The quantitative estimate of drug-likeness (QED) is 0.655. The summed E-state index contributed by atoms with van der Waals surface area (Å²) >= 11 is 0. The smallest absolute Gasteiger partial charge is 0.427 e. The first-order valence-corrected chi connectivity index (χ1v) is 9.62. The Morgan fingerprint density at radius 1 is 1.24 bits per heavy atom. The molecule has 0 unspecified atom stereocenters. The van der Waals surface area contributed by atoms with E-state index in [1.807, 2.05) is 13.8 Å². The van der Waals surface area contributed by atoms with Crippen molar-refractivity contribution in [2.24, 2.45) is 11.7 Å². The molecule has 2 amide bonds. The van der Waals surface area contributed by atoms with Crippen molar-refractivity contribution in [3.05, 3.63) is 0 Å². The summed E-state index contributed by atoms with van der Waals surface area (Å²) in [6, 6.07) is -0.388. The third-order valence-corrected chi connectivity index (χ3v) is 3.25. The van der Waals surface area contributed by atoms with Gasteiger partial charge in [-0.25, -0.2) is 0 Å². The molecule has 0 spiro atoms. The molecule has 29 heavy (non-hydrogen) atoms. The highest BCUT2D eigenvalue weighted by atomic mass is 19.4. The Morgan fingerprint density at radius 3 is 1.97 bits per heavy atom. The van der Waals surface area contributed by atoms with Crippen LogP contribution in [0.15, 0.2) is 0 Å². The molecule has 1 saturated heterocycles. The number of likely N-dealkylation sites (N-methyl/N-ethyl adjacent to an activating group) is 1. The summed E-state index contributed by atoms with van der Waals surface area (Å²) in [7, 11) is 1.70. The minimum atomic E-state index is -4.51. The van der Waals surface area contributed by atoms with E-state index in [2.05, 4.69) is 30.8 Å². The zero-order valence-corrected chi connectivity index (χ0v) is 18.9. The lowest BCUT2D eigenvalue weighted by Gasteiger charge is -2.24. The molecule has 1 rings (SSSR count). The summed E-state index contributed by atoms with van der Waals surface area (Å²) in [6.07, 6.45) is -2.94. The number of primary amides is 1. The van der Waals surface area contributed by atoms with E-state index < -0.39 is 17.7 Å². The lowest BCUT2D eigenvalue weighted by atomic mass is 10.1. The van der Waals surface area contributed by atoms with Crippen molar-refractivity contribution in [2.75, 3.05) is 20.1 Å². The van der Waals surface area contributed by atoms with Gasteiger partial charge in [-0.1, -0.05) is 34.6 Å². The summed E-state index contributed by atoms with van der Waals surface area (Å²) in [4.78, 5) is 33.4. The number of rotatable bonds is 5. The van der Waals surface area contributed by atoms with Gasteiger partial charge in [-0.15, -0.1) is 0 Å². The predicted octanol–water partition coefficient (Wildman–Crippen LogP) is 2.87. The summed E-state index contributed by atoms with van der Waals surface area (Å²) in [5.41, 5.74) is 2.79. The Hall–Kier alpha value is -1.84. The van der Waals surface area contributed by atoms with E-state index in [0.717, 1.165) is 26.2 Å². The maximum atomic E-state index is 11.7. The zero-order valence-electron chi connectivity index (χ0n) is 18.9. The van der Waals surface area contributed by atoms with Crippen LogP contribution in [0.5, 0.6) is 0 Å². The molecule has 1 aliphatic heterocycles. The van der Waals surface area contributed by atoms with Crippen molar-refractivity contribution >= 4 is 18.3 Å². The van der Waals surface area contributed by atoms with E-state index in [1.54, 1.807) is 11.9 Å². The van der Waals surface area contributed by atoms with Crippen molar-refractivity contribution in [3.63, 3.8) is 0 Å². The summed E-state index contributed by atoms with van der Waals surface area (Å²) < 4.78 is 39.0. The van der Waals surface area contributed by atoms with E-state index in [1.165, 1.54) is 0 Å². The second-order valence-electron chi connectivity index (χ2n) is 7.13. The van der Waals surface area contributed by atoms with Gasteiger partial charge in [0.05, 0.1) is 6.54 Å². The highest BCUT2D eigenvalue weighted by Gasteiger charge is 2.49. The van der Waals surface area contributed by atoms with Gasteiger partial charge >= 0.3 is 6.18 Å². The molecule has 0 aromatic carbocycles. The van der Waals surface area contributed by atoms with E-state index in [-0.39, 0.29) is 25.0 Å². The lowest BCUT2D eigenvalue weighted by molar-refractivity contribution is -0.251. The van der Waals surface area contributed by atoms with Crippen LogP contribution in [-0.2, 0) is 19.1 Å². The molecule has 0 aromatic heterocycles. The normalized spacial score (nSPS) is 15.7. The van der Waals surface area contributed by atoms with Gasteiger partial charge in [-0.2, -0.15) is 13.2 Å². The average molecular weight is 430 g/mol. The second kappa shape index (κ2) is 16.0. The molecule has 1 atom stereocenters. The molecule has 174 valence electrons. The van der Waals surface area contributed by atoms with Crippen LogP contribution in [0.2, 0.25) is 0 Å². The summed E-state index contributed by atoms with van der Waals surface area (Å²) in [6.45, 7) is 12.8. The Kier molecular flexibility index (Phi) is 17.6. The number of hydrogen-bond acceptors (Lipinski definition) is 5. The minimum Gasteiger partial charge on any atom is -0.452 e. The van der Waals surface area contributed by atoms with Crippen molar-refractivity contribution < 1.29 is 32.3 Å². The molecule has 0 aromatic rings. The van der Waals surface area contributed by atoms with E-state index in [0.29, 0.717) is 13.0 Å². The van der Waals surface area contributed by atoms with Gasteiger partial charge < -0.3 is 20.7 Å². The first kappa shape index (κ1) is 31.8. The van der Waals surface area contributed by atoms with Gasteiger partial charge in [0.15, 0.2) is 0 Å². The van der Waals surface area contributed by atoms with Gasteiger partial charge in [0.1, 0.15) is 6.04 Å². The molecule has 0 aliphatic carbocycles. The van der Waals surface area contributed by atoms with Crippen LogP contribution in [0.1, 0.15) is 61.3 Å². The first-order valence-electron chi connectivity index (χ1n) is 9.62. The monoisotopic (exact) mass is 429 g/mol. The Morgan fingerprint density at radius 2 is 1.69 bits per heavy atom. The Balaban J connectivity index is -0.000000375. The molecule has 1 fully saturated rings. The third-order valence-electron chi connectivity index (χ3n) is 3.25. The molecule has 0 radical (unpaired) electrons. The van der Waals surface area contributed by atoms with Gasteiger partial charge in [-0.3, -0.25) is 14.4 Å². The molecule has 1 aliphatic rings. The van der Waals surface area contributed by atoms with Crippen LogP contribution in [-0.4, -0.2) is 61.1 Å². The Labute approximate surface area is 172 Å². The largest absolute Gasteiger partial charge is 0.452 e. The second-order valence-corrected chi connectivity index (χ2v) is 7.13. The highest BCUT2D eigenvalue weighted by molar-refractivity contribution is 5.87. The molecule has 0 saturated carbocycles. The van der Waals surface area contributed by atoms with Crippen molar-refractivity contribution in [1.29, 1.82) is 0 Å². The fourth-order valence-electron chi connectivity index (χ4n) is 1.80. The van der Waals surface area contributed by atoms with Gasteiger partial charge in [0.2, 0.25) is 17.4 Å². The Bertz CT molecular complexity index is 467. The minimum absolute atomic E-state index is 0.0520. The summed E-state index contributed by atoms with van der Waals surface area (Å²) in [5, 5.41) is 2.76. The number of likely N-dealkylation sites (tertiary alicyclic amines) is 1. The number of carbonyl (C=O) groups excluding carboxylic acids is 3. The number of ether oxygens (including phenoxy) is 1. The molecule has 0 bridgehead atoms. The van der Waals surface area contributed by atoms with Crippen LogP contribution < -0.4 is 11.1 Å². The van der Waals surface area contributed by atoms with Crippen LogP contribution >= 0.6 is 0 Å². The number of nitrogens with two attached hydrogens (primary N) is 1. The molecule has 1 heterocycles. The van der Waals surface area contributed by atoms with Crippen LogP contribution in [0.4, 0.5) is 13.2 Å². The number of alkyl halides is 3. The fraction of sp³-hybridized carbons (Fsp3) is 0.842. The van der Waals surface area contributed by atoms with E-state index >= 15 is 0 Å². The third kappa shape index (κ3) is 14.8. The van der Waals surface area contributed by atoms with Crippen molar-refractivity contribution in [1.82, 2.24) is 10.2 Å². The van der Waals surface area contributed by atoms with Crippen molar-refractivity contribution in [2.45, 2.75) is 79.1 Å². The maximum Gasteiger partial charge on any atom is 0.427 e. The molecule has 7 nitrogen and oxygen atoms in total. The average Bonchev–Trinajstić information content (AvgIpc) is 3.06.